The summed E-state index contributed by atoms with van der Waals surface area (Å²) in [5.41, 5.74) is 10.2. The Morgan fingerprint density at radius 1 is 0.912 bits per heavy atom. The summed E-state index contributed by atoms with van der Waals surface area (Å²) in [6.07, 6.45) is 1.78. The lowest BCUT2D eigenvalue weighted by atomic mass is 9.84. The molecule has 2 aromatic carbocycles. The molecule has 34 heavy (non-hydrogen) atoms. The highest BCUT2D eigenvalue weighted by molar-refractivity contribution is 7.07. The van der Waals surface area contributed by atoms with E-state index in [9.17, 15) is 15.3 Å². The van der Waals surface area contributed by atoms with Crippen LogP contribution in [0.3, 0.4) is 0 Å². The first-order valence-corrected chi connectivity index (χ1v) is 11.4. The van der Waals surface area contributed by atoms with E-state index in [0.717, 1.165) is 22.5 Å². The van der Waals surface area contributed by atoms with Gasteiger partial charge in [-0.3, -0.25) is 9.36 Å². The summed E-state index contributed by atoms with van der Waals surface area (Å²) >= 11 is 1.22. The molecular formula is C26H24N6OS. The van der Waals surface area contributed by atoms with Gasteiger partial charge in [0.1, 0.15) is 10.5 Å². The zero-order chi connectivity index (χ0) is 24.6. The van der Waals surface area contributed by atoms with Crippen molar-refractivity contribution in [1.29, 1.82) is 10.5 Å². The zero-order valence-corrected chi connectivity index (χ0v) is 20.2. The van der Waals surface area contributed by atoms with Gasteiger partial charge in [-0.15, -0.1) is 11.3 Å². The van der Waals surface area contributed by atoms with Crippen LogP contribution in [0.15, 0.2) is 58.9 Å². The maximum atomic E-state index is 13.3. The topological polar surface area (TPSA) is 102 Å². The first-order valence-electron chi connectivity index (χ1n) is 10.6. The monoisotopic (exact) mass is 468 g/mol. The molecule has 0 amide bonds. The molecule has 170 valence electrons. The van der Waals surface area contributed by atoms with Crippen LogP contribution in [0, 0.1) is 22.7 Å². The van der Waals surface area contributed by atoms with Crippen molar-refractivity contribution >= 4 is 40.2 Å². The Morgan fingerprint density at radius 3 is 1.94 bits per heavy atom. The van der Waals surface area contributed by atoms with Crippen LogP contribution in [0.1, 0.15) is 17.0 Å². The Labute approximate surface area is 201 Å². The van der Waals surface area contributed by atoms with Crippen LogP contribution >= 0.6 is 11.3 Å². The second-order valence-electron chi connectivity index (χ2n) is 8.40. The molecule has 0 fully saturated rings. The number of allylic oxidation sites excluding steroid dienone is 1. The molecule has 1 unspecified atom stereocenters. The summed E-state index contributed by atoms with van der Waals surface area (Å²) in [4.78, 5) is 17.2. The highest BCUT2D eigenvalue weighted by Gasteiger charge is 2.32. The first-order chi connectivity index (χ1) is 16.3. The van der Waals surface area contributed by atoms with Gasteiger partial charge in [-0.1, -0.05) is 24.3 Å². The van der Waals surface area contributed by atoms with E-state index in [-0.39, 0.29) is 17.0 Å². The van der Waals surface area contributed by atoms with Crippen molar-refractivity contribution in [3.63, 3.8) is 0 Å². The van der Waals surface area contributed by atoms with Gasteiger partial charge in [0, 0.05) is 39.6 Å². The number of benzene rings is 2. The minimum atomic E-state index is -0.628. The van der Waals surface area contributed by atoms with E-state index in [2.05, 4.69) is 12.1 Å². The molecule has 4 rings (SSSR count). The maximum absolute atomic E-state index is 13.3. The molecule has 1 aromatic heterocycles. The largest absolute Gasteiger partial charge is 0.384 e. The summed E-state index contributed by atoms with van der Waals surface area (Å²) in [6.45, 7) is 0. The third-order valence-electron chi connectivity index (χ3n) is 5.84. The molecule has 8 heteroatoms. The molecule has 0 spiro atoms. The van der Waals surface area contributed by atoms with Gasteiger partial charge < -0.3 is 15.5 Å². The number of hydrogen-bond donors (Lipinski definition) is 1. The highest BCUT2D eigenvalue weighted by Crippen LogP contribution is 2.36. The molecule has 2 heterocycles. The Morgan fingerprint density at radius 2 is 1.44 bits per heavy atom. The summed E-state index contributed by atoms with van der Waals surface area (Å²) in [5, 5.41) is 20.0. The van der Waals surface area contributed by atoms with E-state index in [0.29, 0.717) is 14.8 Å². The van der Waals surface area contributed by atoms with Crippen LogP contribution in [-0.2, 0) is 0 Å². The Hall–Kier alpha value is -4.27. The number of thiazole rings is 1. The van der Waals surface area contributed by atoms with Crippen LogP contribution in [0.2, 0.25) is 0 Å². The van der Waals surface area contributed by atoms with Crippen LogP contribution in [-0.4, -0.2) is 32.8 Å². The lowest BCUT2D eigenvalue weighted by Gasteiger charge is -2.23. The van der Waals surface area contributed by atoms with Gasteiger partial charge >= 0.3 is 0 Å². The van der Waals surface area contributed by atoms with Crippen LogP contribution in [0.25, 0.3) is 17.5 Å². The molecule has 0 saturated carbocycles. The third kappa shape index (κ3) is 3.85. The fraction of sp³-hybridized carbons (Fsp3) is 0.192. The highest BCUT2D eigenvalue weighted by atomic mass is 32.1. The van der Waals surface area contributed by atoms with Gasteiger partial charge in [-0.05, 0) is 41.5 Å². The number of nitriles is 2. The molecule has 3 aromatic rings. The number of anilines is 2. The molecular weight excluding hydrogens is 444 g/mol. The Kier molecular flexibility index (Phi) is 6.02. The molecule has 1 aliphatic rings. The number of rotatable bonds is 4. The predicted octanol–water partition coefficient (Wildman–Crippen LogP) is 1.99. The molecule has 0 bridgehead atoms. The average Bonchev–Trinajstić information content (AvgIpc) is 3.15. The van der Waals surface area contributed by atoms with Crippen molar-refractivity contribution in [2.75, 3.05) is 38.0 Å². The zero-order valence-electron chi connectivity index (χ0n) is 19.4. The van der Waals surface area contributed by atoms with Crippen LogP contribution in [0.4, 0.5) is 11.4 Å². The van der Waals surface area contributed by atoms with E-state index in [1.54, 1.807) is 6.08 Å². The van der Waals surface area contributed by atoms with Gasteiger partial charge in [0.2, 0.25) is 0 Å². The lowest BCUT2D eigenvalue weighted by molar-refractivity contribution is 0.906. The van der Waals surface area contributed by atoms with Gasteiger partial charge in [-0.25, -0.2) is 0 Å². The van der Waals surface area contributed by atoms with Crippen LogP contribution in [0.5, 0.6) is 0 Å². The van der Waals surface area contributed by atoms with Gasteiger partial charge in [0.15, 0.2) is 0 Å². The molecule has 0 radical (unpaired) electrons. The van der Waals surface area contributed by atoms with Crippen molar-refractivity contribution in [3.05, 3.63) is 84.8 Å². The van der Waals surface area contributed by atoms with Crippen molar-refractivity contribution < 1.29 is 0 Å². The quantitative estimate of drug-likeness (QED) is 0.628. The third-order valence-corrected chi connectivity index (χ3v) is 6.95. The van der Waals surface area contributed by atoms with E-state index in [4.69, 9.17) is 5.73 Å². The van der Waals surface area contributed by atoms with E-state index < -0.39 is 5.92 Å². The van der Waals surface area contributed by atoms with Crippen molar-refractivity contribution in [2.24, 2.45) is 5.73 Å². The SMILES string of the molecule is CN(C)c1ccc(/C=c2\sc3n(c2=O)C(N)=C(C#N)C(c2ccc(N(C)C)cc2)C=3C#N)cc1. The summed E-state index contributed by atoms with van der Waals surface area (Å²) in [6, 6.07) is 19.9. The number of fused-ring (bicyclic) bond motifs is 1. The normalized spacial score (nSPS) is 15.5. The van der Waals surface area contributed by atoms with E-state index >= 15 is 0 Å². The first kappa shape index (κ1) is 22.9. The second kappa shape index (κ2) is 8.93. The summed E-state index contributed by atoms with van der Waals surface area (Å²) < 4.78 is 2.21. The molecule has 7 nitrogen and oxygen atoms in total. The summed E-state index contributed by atoms with van der Waals surface area (Å²) in [7, 11) is 7.81. The standard InChI is InChI=1S/C26H24N6OS/c1-30(2)18-9-5-16(6-10-18)13-22-25(33)32-24(29)20(14-27)23(21(15-28)26(32)34-22)17-7-11-19(12-8-17)31(3)4/h5-13,23H,29H2,1-4H3/b22-13-. The van der Waals surface area contributed by atoms with Gasteiger partial charge in [0.05, 0.1) is 33.7 Å². The van der Waals surface area contributed by atoms with Crippen molar-refractivity contribution in [2.45, 2.75) is 5.92 Å². The maximum Gasteiger partial charge on any atom is 0.274 e. The predicted molar refractivity (Wildman–Crippen MR) is 138 cm³/mol. The van der Waals surface area contributed by atoms with Gasteiger partial charge in [-0.2, -0.15) is 10.5 Å². The van der Waals surface area contributed by atoms with E-state index in [1.807, 2.05) is 86.5 Å². The second-order valence-corrected chi connectivity index (χ2v) is 9.43. The van der Waals surface area contributed by atoms with Crippen LogP contribution < -0.4 is 30.3 Å². The van der Waals surface area contributed by atoms with Gasteiger partial charge in [0.25, 0.3) is 5.56 Å². The molecule has 0 saturated heterocycles. The fourth-order valence-corrected chi connectivity index (χ4v) is 5.10. The minimum Gasteiger partial charge on any atom is -0.384 e. The Balaban J connectivity index is 1.94. The van der Waals surface area contributed by atoms with Crippen molar-refractivity contribution in [3.8, 4) is 12.1 Å². The summed E-state index contributed by atoms with van der Waals surface area (Å²) in [5.74, 6) is -0.557. The molecule has 2 N–H and O–H groups in total. The Bertz CT molecular complexity index is 1540. The molecule has 0 aliphatic carbocycles. The number of nitrogens with two attached hydrogens (primary N) is 1. The average molecular weight is 469 g/mol. The number of aromatic nitrogens is 1. The molecule has 1 atom stereocenters. The smallest absolute Gasteiger partial charge is 0.274 e. The number of nitrogens with zero attached hydrogens (tertiary/aromatic N) is 5. The minimum absolute atomic E-state index is 0.0713. The number of hydrogen-bond acceptors (Lipinski definition) is 7. The van der Waals surface area contributed by atoms with Crippen molar-refractivity contribution in [1.82, 2.24) is 4.57 Å². The van der Waals surface area contributed by atoms with E-state index in [1.165, 1.54) is 15.9 Å². The lowest BCUT2D eigenvalue weighted by Crippen LogP contribution is -2.38. The molecule has 1 aliphatic heterocycles. The fourth-order valence-electron chi connectivity index (χ4n) is 3.97.